The lowest BCUT2D eigenvalue weighted by atomic mass is 10.2. The van der Waals surface area contributed by atoms with Crippen LogP contribution in [0, 0.1) is 5.21 Å². The van der Waals surface area contributed by atoms with Crippen molar-refractivity contribution in [1.29, 1.82) is 0 Å². The van der Waals surface area contributed by atoms with E-state index < -0.39 is 24.2 Å². The monoisotopic (exact) mass is 421 g/mol. The number of ether oxygens (including phenoxy) is 2. The SMILES string of the molecule is CCOC(=O)c1c(COC(=O)c2ccccn2)nc2cc(Cl)c(Cl)cc2[n+]1[O-]. The van der Waals surface area contributed by atoms with Gasteiger partial charge in [0.05, 0.1) is 16.7 Å². The van der Waals surface area contributed by atoms with Gasteiger partial charge in [-0.05, 0) is 25.1 Å². The molecule has 3 rings (SSSR count). The van der Waals surface area contributed by atoms with E-state index in [1.807, 2.05) is 0 Å². The second-order valence-corrected chi connectivity index (χ2v) is 6.28. The molecular weight excluding hydrogens is 409 g/mol. The van der Waals surface area contributed by atoms with E-state index in [1.165, 1.54) is 24.4 Å². The zero-order valence-corrected chi connectivity index (χ0v) is 16.0. The van der Waals surface area contributed by atoms with Crippen LogP contribution in [0.5, 0.6) is 0 Å². The Balaban J connectivity index is 2.03. The molecule has 0 unspecified atom stereocenters. The van der Waals surface area contributed by atoms with Gasteiger partial charge in [0.15, 0.2) is 5.69 Å². The quantitative estimate of drug-likeness (QED) is 0.353. The fourth-order valence-corrected chi connectivity index (χ4v) is 2.72. The predicted molar refractivity (Wildman–Crippen MR) is 100 cm³/mol. The van der Waals surface area contributed by atoms with Gasteiger partial charge >= 0.3 is 17.6 Å². The van der Waals surface area contributed by atoms with Crippen molar-refractivity contribution >= 4 is 46.2 Å². The number of carbonyl (C=O) groups excluding carboxylic acids is 2. The summed E-state index contributed by atoms with van der Waals surface area (Å²) in [6.07, 6.45) is 1.44. The van der Waals surface area contributed by atoms with Crippen LogP contribution in [0.25, 0.3) is 11.0 Å². The number of halogens is 2. The number of nitrogens with zero attached hydrogens (tertiary/aromatic N) is 3. The predicted octanol–water partition coefficient (Wildman–Crippen LogP) is 3.10. The van der Waals surface area contributed by atoms with Crippen LogP contribution in [0.3, 0.4) is 0 Å². The van der Waals surface area contributed by atoms with Crippen LogP contribution >= 0.6 is 23.2 Å². The van der Waals surface area contributed by atoms with Gasteiger partial charge < -0.3 is 14.7 Å². The van der Waals surface area contributed by atoms with E-state index >= 15 is 0 Å². The summed E-state index contributed by atoms with van der Waals surface area (Å²) < 4.78 is 10.4. The number of esters is 2. The summed E-state index contributed by atoms with van der Waals surface area (Å²) in [5.74, 6) is -1.63. The molecule has 0 spiro atoms. The Hall–Kier alpha value is -2.97. The van der Waals surface area contributed by atoms with Crippen molar-refractivity contribution < 1.29 is 23.8 Å². The summed E-state index contributed by atoms with van der Waals surface area (Å²) >= 11 is 11.9. The van der Waals surface area contributed by atoms with Crippen molar-refractivity contribution in [2.45, 2.75) is 13.5 Å². The Morgan fingerprint density at radius 1 is 1.14 bits per heavy atom. The molecule has 1 aromatic carbocycles. The van der Waals surface area contributed by atoms with Crippen molar-refractivity contribution in [3.63, 3.8) is 0 Å². The van der Waals surface area contributed by atoms with Gasteiger partial charge in [0.1, 0.15) is 17.8 Å². The molecule has 0 bridgehead atoms. The first-order valence-corrected chi connectivity index (χ1v) is 8.84. The largest absolute Gasteiger partial charge is 0.618 e. The van der Waals surface area contributed by atoms with Gasteiger partial charge in [-0.15, -0.1) is 0 Å². The molecule has 0 aliphatic heterocycles. The van der Waals surface area contributed by atoms with Crippen molar-refractivity contribution in [2.75, 3.05) is 6.61 Å². The maximum absolute atomic E-state index is 12.8. The number of benzene rings is 1. The van der Waals surface area contributed by atoms with Crippen LogP contribution in [-0.4, -0.2) is 28.5 Å². The maximum Gasteiger partial charge on any atom is 0.407 e. The number of hydrogen-bond acceptors (Lipinski definition) is 7. The number of fused-ring (bicyclic) bond motifs is 1. The number of aromatic nitrogens is 3. The fraction of sp³-hybridized carbons (Fsp3) is 0.167. The number of hydrogen-bond donors (Lipinski definition) is 0. The molecule has 144 valence electrons. The molecule has 3 aromatic rings. The average molecular weight is 422 g/mol. The maximum atomic E-state index is 12.8. The number of pyridine rings is 1. The van der Waals surface area contributed by atoms with Crippen molar-refractivity contribution in [3.05, 3.63) is 68.9 Å². The third kappa shape index (κ3) is 3.97. The third-order valence-corrected chi connectivity index (χ3v) is 4.37. The summed E-state index contributed by atoms with van der Waals surface area (Å²) in [5, 5.41) is 13.1. The van der Waals surface area contributed by atoms with Gasteiger partial charge in [-0.2, -0.15) is 4.73 Å². The lowest BCUT2D eigenvalue weighted by molar-refractivity contribution is -0.581. The molecule has 2 aromatic heterocycles. The van der Waals surface area contributed by atoms with E-state index in [1.54, 1.807) is 19.1 Å². The van der Waals surface area contributed by atoms with Gasteiger partial charge in [-0.25, -0.2) is 19.6 Å². The van der Waals surface area contributed by atoms with E-state index in [0.29, 0.717) is 4.73 Å². The summed E-state index contributed by atoms with van der Waals surface area (Å²) in [6.45, 7) is 1.20. The smallest absolute Gasteiger partial charge is 0.407 e. The van der Waals surface area contributed by atoms with E-state index in [-0.39, 0.29) is 39.1 Å². The topological polar surface area (TPSA) is 105 Å². The molecule has 0 aliphatic carbocycles. The van der Waals surface area contributed by atoms with Crippen molar-refractivity contribution in [3.8, 4) is 0 Å². The summed E-state index contributed by atoms with van der Waals surface area (Å²) in [6, 6.07) is 7.42. The molecule has 2 heterocycles. The molecule has 8 nitrogen and oxygen atoms in total. The highest BCUT2D eigenvalue weighted by atomic mass is 35.5. The summed E-state index contributed by atoms with van der Waals surface area (Å²) in [5.41, 5.74) is -0.199. The first-order chi connectivity index (χ1) is 13.4. The number of carbonyl (C=O) groups is 2. The second-order valence-electron chi connectivity index (χ2n) is 5.47. The summed E-state index contributed by atoms with van der Waals surface area (Å²) in [4.78, 5) is 32.5. The van der Waals surface area contributed by atoms with Crippen LogP contribution < -0.4 is 4.73 Å². The Kier molecular flexibility index (Phi) is 5.91. The molecule has 0 N–H and O–H groups in total. The third-order valence-electron chi connectivity index (χ3n) is 3.65. The lowest BCUT2D eigenvalue weighted by Gasteiger charge is -2.12. The molecule has 28 heavy (non-hydrogen) atoms. The van der Waals surface area contributed by atoms with Gasteiger partial charge in [0, 0.05) is 12.3 Å². The van der Waals surface area contributed by atoms with Crippen molar-refractivity contribution in [2.24, 2.45) is 0 Å². The first kappa shape index (κ1) is 19.8. The molecule has 10 heteroatoms. The van der Waals surface area contributed by atoms with E-state index in [9.17, 15) is 14.8 Å². The molecule has 0 radical (unpaired) electrons. The van der Waals surface area contributed by atoms with E-state index in [4.69, 9.17) is 32.7 Å². The van der Waals surface area contributed by atoms with E-state index in [2.05, 4.69) is 9.97 Å². The minimum atomic E-state index is -0.901. The molecule has 0 fully saturated rings. The minimum Gasteiger partial charge on any atom is -0.618 e. The Bertz CT molecular complexity index is 1060. The van der Waals surface area contributed by atoms with Crippen LogP contribution in [0.4, 0.5) is 0 Å². The summed E-state index contributed by atoms with van der Waals surface area (Å²) in [7, 11) is 0. The zero-order valence-electron chi connectivity index (χ0n) is 14.5. The Morgan fingerprint density at radius 2 is 1.89 bits per heavy atom. The van der Waals surface area contributed by atoms with Crippen LogP contribution in [0.2, 0.25) is 10.0 Å². The minimum absolute atomic E-state index is 0.0252. The van der Waals surface area contributed by atoms with Crippen LogP contribution in [-0.2, 0) is 16.1 Å². The highest BCUT2D eigenvalue weighted by Crippen LogP contribution is 2.26. The molecular formula is C18H13Cl2N3O5. The second kappa shape index (κ2) is 8.37. The van der Waals surface area contributed by atoms with Gasteiger partial charge in [0.2, 0.25) is 5.52 Å². The van der Waals surface area contributed by atoms with Gasteiger partial charge in [-0.3, -0.25) is 0 Å². The Labute approximate surface area is 169 Å². The molecule has 0 aliphatic rings. The standard InChI is InChI=1S/C18H13Cl2N3O5/c1-2-27-18(25)16-14(9-28-17(24)12-5-3-4-6-21-12)22-13-7-10(19)11(20)8-15(13)23(16)26/h3-8H,2,9H2,1H3. The molecule has 0 saturated carbocycles. The number of rotatable bonds is 5. The zero-order chi connectivity index (χ0) is 20.3. The molecule has 0 saturated heterocycles. The lowest BCUT2D eigenvalue weighted by Crippen LogP contribution is -2.39. The van der Waals surface area contributed by atoms with Gasteiger partial charge in [-0.1, -0.05) is 29.3 Å². The molecule has 0 amide bonds. The fourth-order valence-electron chi connectivity index (χ4n) is 2.41. The Morgan fingerprint density at radius 3 is 2.57 bits per heavy atom. The van der Waals surface area contributed by atoms with Crippen LogP contribution in [0.15, 0.2) is 36.5 Å². The first-order valence-electron chi connectivity index (χ1n) is 8.08. The van der Waals surface area contributed by atoms with Crippen LogP contribution in [0.1, 0.15) is 33.6 Å². The van der Waals surface area contributed by atoms with Gasteiger partial charge in [0.25, 0.3) is 0 Å². The normalized spacial score (nSPS) is 10.7. The highest BCUT2D eigenvalue weighted by molar-refractivity contribution is 6.42. The average Bonchev–Trinajstić information content (AvgIpc) is 2.68. The van der Waals surface area contributed by atoms with E-state index in [0.717, 1.165) is 0 Å². The highest BCUT2D eigenvalue weighted by Gasteiger charge is 2.29. The molecule has 0 atom stereocenters. The van der Waals surface area contributed by atoms with Crippen molar-refractivity contribution in [1.82, 2.24) is 9.97 Å².